The standard InChI is InChI=1S/CH2N3P3/c2-3-4-6-1-5-7(1)6/h1,6H. The fourth-order valence-corrected chi connectivity index (χ4v) is 12.6. The highest BCUT2D eigenvalue weighted by molar-refractivity contribution is 8.48. The van der Waals surface area contributed by atoms with Gasteiger partial charge in [-0.1, -0.05) is 19.2 Å². The zero-order valence-electron chi connectivity index (χ0n) is 3.31. The Kier molecular flexibility index (Phi) is 0.719. The molecule has 0 spiro atoms. The topological polar surface area (TPSA) is 48.8 Å². The van der Waals surface area contributed by atoms with E-state index in [1.54, 1.807) is 7.87 Å². The molecule has 3 nitrogen and oxygen atoms in total. The van der Waals surface area contributed by atoms with Gasteiger partial charge in [0.2, 0.25) is 0 Å². The first-order valence-corrected chi connectivity index (χ1v) is 7.30. The normalized spacial score (nSPS) is 47.7. The van der Waals surface area contributed by atoms with Crippen LogP contribution in [-0.4, -0.2) is 5.14 Å². The molecule has 7 heavy (non-hydrogen) atoms. The number of rotatable bonds is 1. The van der Waals surface area contributed by atoms with E-state index in [1.165, 1.54) is 0 Å². The van der Waals surface area contributed by atoms with E-state index in [0.29, 0.717) is 6.50 Å². The van der Waals surface area contributed by atoms with Gasteiger partial charge in [-0.15, -0.1) is 0 Å². The van der Waals surface area contributed by atoms with Crippen molar-refractivity contribution in [2.45, 2.75) is 5.14 Å². The average Bonchev–Trinajstić information content (AvgIpc) is 2.41. The van der Waals surface area contributed by atoms with Crippen molar-refractivity contribution >= 4 is 21.7 Å². The summed E-state index contributed by atoms with van der Waals surface area (Å²) >= 11 is 0. The summed E-state index contributed by atoms with van der Waals surface area (Å²) in [6.45, 7) is 0.381. The predicted molar refractivity (Wildman–Crippen MR) is 35.1 cm³/mol. The summed E-state index contributed by atoms with van der Waals surface area (Å²) in [6, 6.07) is 0. The van der Waals surface area contributed by atoms with Crippen LogP contribution in [0, 0.1) is 0 Å². The highest BCUT2D eigenvalue weighted by Gasteiger charge is 2.38. The third-order valence-corrected chi connectivity index (χ3v) is 15.0. The van der Waals surface area contributed by atoms with Gasteiger partial charge in [-0.2, -0.15) is 0 Å². The predicted octanol–water partition coefficient (Wildman–Crippen LogP) is 2.99. The van der Waals surface area contributed by atoms with Gasteiger partial charge in [0.05, 0.1) is 5.14 Å². The van der Waals surface area contributed by atoms with E-state index in [0.717, 1.165) is 5.14 Å². The first-order valence-electron chi connectivity index (χ1n) is 1.85. The molecule has 0 bridgehead atoms. The van der Waals surface area contributed by atoms with Crippen molar-refractivity contribution in [2.75, 3.05) is 0 Å². The summed E-state index contributed by atoms with van der Waals surface area (Å²) in [6.07, 6.45) is 0. The SMILES string of the molecule is [N-]=[N+]=N[PH]1=P2=PC21. The Bertz CT molecular complexity index is 251. The second-order valence-corrected chi connectivity index (χ2v) is 12.1. The lowest BCUT2D eigenvalue weighted by Gasteiger charge is -1.69. The third kappa shape index (κ3) is 0.507. The molecule has 0 aromatic carbocycles. The number of hydrogen-bond acceptors (Lipinski definition) is 1. The second kappa shape index (κ2) is 1.19. The van der Waals surface area contributed by atoms with Gasteiger partial charge in [0.25, 0.3) is 0 Å². The number of hydrogen-bond donors (Lipinski definition) is 0. The molecule has 0 aromatic rings. The van der Waals surface area contributed by atoms with Crippen LogP contribution < -0.4 is 0 Å². The van der Waals surface area contributed by atoms with E-state index in [4.69, 9.17) is 5.53 Å². The summed E-state index contributed by atoms with van der Waals surface area (Å²) in [5.74, 6) is 0. The van der Waals surface area contributed by atoms with Gasteiger partial charge in [-0.25, -0.2) is 0 Å². The Balaban J connectivity index is 2.43. The van der Waals surface area contributed by atoms with Gasteiger partial charge < -0.3 is 0 Å². The van der Waals surface area contributed by atoms with Crippen LogP contribution in [0.2, 0.25) is 0 Å². The maximum atomic E-state index is 7.91. The van der Waals surface area contributed by atoms with Gasteiger partial charge in [-0.05, 0) is 5.53 Å². The molecule has 0 saturated carbocycles. The first-order chi connectivity index (χ1) is 3.43. The minimum atomic E-state index is -0.355. The summed E-state index contributed by atoms with van der Waals surface area (Å²) in [4.78, 5) is 6.43. The fraction of sp³-hybridized carbons (Fsp3) is 1.00. The quantitative estimate of drug-likeness (QED) is 0.238. The van der Waals surface area contributed by atoms with Crippen molar-refractivity contribution in [3.8, 4) is 0 Å². The van der Waals surface area contributed by atoms with Gasteiger partial charge >= 0.3 is 0 Å². The maximum Gasteiger partial charge on any atom is 0.0732 e. The molecule has 3 unspecified atom stereocenters. The zero-order valence-corrected chi connectivity index (χ0v) is 6.10. The Morgan fingerprint density at radius 1 is 2.00 bits per heavy atom. The Morgan fingerprint density at radius 2 is 2.71 bits per heavy atom. The molecule has 0 aliphatic carbocycles. The fourth-order valence-electron chi connectivity index (χ4n) is 0.451. The Morgan fingerprint density at radius 3 is 2.86 bits per heavy atom. The van der Waals surface area contributed by atoms with E-state index in [9.17, 15) is 0 Å². The average molecular weight is 149 g/mol. The van der Waals surface area contributed by atoms with Crippen LogP contribution in [0.3, 0.4) is 0 Å². The molecule has 0 N–H and O–H groups in total. The van der Waals surface area contributed by atoms with Crippen LogP contribution in [0.4, 0.5) is 0 Å². The molecular formula is CH2N3P3. The Hall–Kier alpha value is 0.340. The smallest absolute Gasteiger partial charge is 0.0732 e. The highest BCUT2D eigenvalue weighted by atomic mass is 32.1. The van der Waals surface area contributed by atoms with Crippen molar-refractivity contribution in [1.29, 1.82) is 0 Å². The molecule has 6 heteroatoms. The number of nitrogens with zero attached hydrogens (tertiary/aromatic N) is 3. The van der Waals surface area contributed by atoms with Crippen LogP contribution >= 0.6 is 21.7 Å². The molecule has 36 valence electrons. The largest absolute Gasteiger partial charge is 0.0813 e. The molecule has 0 fully saturated rings. The molecule has 0 aromatic heterocycles. The van der Waals surface area contributed by atoms with Gasteiger partial charge in [0, 0.05) is 12.3 Å². The maximum absolute atomic E-state index is 7.91. The molecule has 0 saturated heterocycles. The lowest BCUT2D eigenvalue weighted by molar-refractivity contribution is 1.77. The molecule has 3 atom stereocenters. The molecule has 2 aliphatic rings. The third-order valence-electron chi connectivity index (χ3n) is 0.956. The lowest BCUT2D eigenvalue weighted by Crippen LogP contribution is -1.38. The highest BCUT2D eigenvalue weighted by Crippen LogP contribution is 2.93. The van der Waals surface area contributed by atoms with E-state index in [-0.39, 0.29) is 7.36 Å². The molecule has 2 aliphatic heterocycles. The van der Waals surface area contributed by atoms with Crippen molar-refractivity contribution in [3.63, 3.8) is 0 Å². The van der Waals surface area contributed by atoms with Crippen molar-refractivity contribution in [2.24, 2.45) is 4.88 Å². The van der Waals surface area contributed by atoms with E-state index in [2.05, 4.69) is 9.80 Å². The van der Waals surface area contributed by atoms with Gasteiger partial charge in [-0.3, -0.25) is 0 Å². The molecule has 2 rings (SSSR count). The Labute approximate surface area is 43.0 Å². The van der Waals surface area contributed by atoms with Crippen LogP contribution in [0.1, 0.15) is 0 Å². The molecule has 0 radical (unpaired) electrons. The van der Waals surface area contributed by atoms with Crippen molar-refractivity contribution in [1.82, 2.24) is 0 Å². The van der Waals surface area contributed by atoms with E-state index >= 15 is 0 Å². The van der Waals surface area contributed by atoms with Crippen LogP contribution in [0.5, 0.6) is 0 Å². The zero-order chi connectivity index (χ0) is 4.85. The van der Waals surface area contributed by atoms with Gasteiger partial charge in [0.15, 0.2) is 0 Å². The number of fused-ring (bicyclic) bond motifs is 1. The minimum absolute atomic E-state index is 0.355. The summed E-state index contributed by atoms with van der Waals surface area (Å²) in [7, 11) is 1.27. The summed E-state index contributed by atoms with van der Waals surface area (Å²) in [5, 5.41) is 0.955. The first kappa shape index (κ1) is 4.24. The van der Waals surface area contributed by atoms with Crippen LogP contribution in [-0.2, 0) is 0 Å². The van der Waals surface area contributed by atoms with E-state index in [1.807, 2.05) is 0 Å². The molecular weight excluding hydrogens is 147 g/mol. The summed E-state index contributed by atoms with van der Waals surface area (Å²) in [5.41, 5.74) is 7.91. The van der Waals surface area contributed by atoms with E-state index < -0.39 is 0 Å². The molecule has 0 amide bonds. The summed E-state index contributed by atoms with van der Waals surface area (Å²) < 4.78 is 0. The second-order valence-electron chi connectivity index (χ2n) is 1.38. The van der Waals surface area contributed by atoms with Gasteiger partial charge in [0.1, 0.15) is 0 Å². The monoisotopic (exact) mass is 149 g/mol. The molecule has 2 heterocycles. The number of azide groups is 1. The lowest BCUT2D eigenvalue weighted by atomic mass is 11.9. The minimum Gasteiger partial charge on any atom is -0.0813 e. The van der Waals surface area contributed by atoms with Crippen molar-refractivity contribution < 1.29 is 0 Å². The van der Waals surface area contributed by atoms with Crippen LogP contribution in [0.15, 0.2) is 4.88 Å². The van der Waals surface area contributed by atoms with Crippen molar-refractivity contribution in [3.05, 3.63) is 10.4 Å². The van der Waals surface area contributed by atoms with Crippen LogP contribution in [0.25, 0.3) is 10.4 Å².